The van der Waals surface area contributed by atoms with Gasteiger partial charge in [0.15, 0.2) is 5.11 Å². The maximum atomic E-state index is 12.2. The second-order valence-electron chi connectivity index (χ2n) is 8.27. The summed E-state index contributed by atoms with van der Waals surface area (Å²) in [4.78, 5) is 17.9. The van der Waals surface area contributed by atoms with Gasteiger partial charge in [-0.05, 0) is 66.3 Å². The van der Waals surface area contributed by atoms with Crippen molar-refractivity contribution in [2.45, 2.75) is 11.4 Å². The highest BCUT2D eigenvalue weighted by Gasteiger charge is 2.20. The number of benzene rings is 3. The molecule has 1 aliphatic heterocycles. The van der Waals surface area contributed by atoms with Crippen molar-refractivity contribution in [3.63, 3.8) is 0 Å². The van der Waals surface area contributed by atoms with Crippen molar-refractivity contribution in [1.82, 2.24) is 10.2 Å². The molecule has 36 heavy (non-hydrogen) atoms. The largest absolute Gasteiger partial charge is 0.368 e. The molecule has 10 heteroatoms. The summed E-state index contributed by atoms with van der Waals surface area (Å²) >= 11 is 25.5. The molecule has 1 fully saturated rings. The first-order chi connectivity index (χ1) is 17.4. The van der Waals surface area contributed by atoms with Crippen molar-refractivity contribution in [2.75, 3.05) is 42.1 Å². The van der Waals surface area contributed by atoms with Crippen LogP contribution in [0.2, 0.25) is 15.1 Å². The van der Waals surface area contributed by atoms with Crippen LogP contribution >= 0.6 is 58.8 Å². The smallest absolute Gasteiger partial charge is 0.236 e. The highest BCUT2D eigenvalue weighted by molar-refractivity contribution is 8.00. The van der Waals surface area contributed by atoms with Gasteiger partial charge in [-0.1, -0.05) is 53.0 Å². The lowest BCUT2D eigenvalue weighted by molar-refractivity contribution is -0.117. The zero-order chi connectivity index (χ0) is 25.5. The van der Waals surface area contributed by atoms with Gasteiger partial charge in [0.2, 0.25) is 5.91 Å². The van der Waals surface area contributed by atoms with Gasteiger partial charge < -0.3 is 15.5 Å². The van der Waals surface area contributed by atoms with E-state index in [-0.39, 0.29) is 16.8 Å². The van der Waals surface area contributed by atoms with Gasteiger partial charge in [-0.3, -0.25) is 9.69 Å². The highest BCUT2D eigenvalue weighted by atomic mass is 35.5. The number of carbonyl (C=O) groups is 1. The minimum atomic E-state index is -0.190. The van der Waals surface area contributed by atoms with E-state index in [9.17, 15) is 4.79 Å². The fraction of sp³-hybridized carbons (Fsp3) is 0.231. The number of nitrogens with one attached hydrogen (secondary N) is 2. The van der Waals surface area contributed by atoms with Crippen LogP contribution in [0.3, 0.4) is 0 Å². The third-order valence-corrected chi connectivity index (χ3v) is 7.85. The molecule has 0 aliphatic carbocycles. The Kier molecular flexibility index (Phi) is 9.76. The lowest BCUT2D eigenvalue weighted by atomic mass is 10.2. The first kappa shape index (κ1) is 27.0. The number of amides is 1. The van der Waals surface area contributed by atoms with Crippen molar-refractivity contribution < 1.29 is 4.79 Å². The molecule has 0 spiro atoms. The van der Waals surface area contributed by atoms with Crippen LogP contribution in [0.15, 0.2) is 71.6 Å². The monoisotopic (exact) mass is 578 g/mol. The Morgan fingerprint density at radius 2 is 1.64 bits per heavy atom. The summed E-state index contributed by atoms with van der Waals surface area (Å²) in [5, 5.41) is 8.07. The molecule has 0 radical (unpaired) electrons. The molecule has 3 aromatic carbocycles. The van der Waals surface area contributed by atoms with Gasteiger partial charge in [-0.15, -0.1) is 11.8 Å². The van der Waals surface area contributed by atoms with Crippen LogP contribution in [0.25, 0.3) is 0 Å². The number of anilines is 2. The molecule has 1 aliphatic rings. The molecule has 2 N–H and O–H groups in total. The third-order valence-electron chi connectivity index (χ3n) is 5.71. The standard InChI is InChI=1S/C26H25Cl3N4OS2/c27-19-5-8-21(9-6-19)36-17-25(34)31-26(35)30-20-7-10-24(23(29)15-20)33-13-11-32(12-14-33)16-18-3-1-2-4-22(18)28/h1-10,15H,11-14,16-17H2,(H2,30,31,34,35). The van der Waals surface area contributed by atoms with E-state index in [4.69, 9.17) is 47.0 Å². The second kappa shape index (κ2) is 13.0. The van der Waals surface area contributed by atoms with Crippen molar-refractivity contribution in [2.24, 2.45) is 0 Å². The second-order valence-corrected chi connectivity index (χ2v) is 11.0. The molecule has 1 saturated heterocycles. The summed E-state index contributed by atoms with van der Waals surface area (Å²) in [5.74, 6) is 0.0517. The van der Waals surface area contributed by atoms with E-state index in [2.05, 4.69) is 26.5 Å². The maximum absolute atomic E-state index is 12.2. The number of thiocarbonyl (C=S) groups is 1. The summed E-state index contributed by atoms with van der Waals surface area (Å²) in [5.41, 5.74) is 2.85. The number of rotatable bonds is 7. The van der Waals surface area contributed by atoms with Gasteiger partial charge in [0.1, 0.15) is 0 Å². The molecule has 3 aromatic rings. The Morgan fingerprint density at radius 1 is 0.917 bits per heavy atom. The first-order valence-electron chi connectivity index (χ1n) is 11.4. The van der Waals surface area contributed by atoms with Crippen LogP contribution in [-0.2, 0) is 11.3 Å². The number of nitrogens with zero attached hydrogens (tertiary/aromatic N) is 2. The van der Waals surface area contributed by atoms with E-state index in [1.54, 1.807) is 12.1 Å². The third kappa shape index (κ3) is 7.75. The molecule has 0 aromatic heterocycles. The molecule has 0 saturated carbocycles. The molecule has 5 nitrogen and oxygen atoms in total. The summed E-state index contributed by atoms with van der Waals surface area (Å²) in [6, 6.07) is 21.0. The van der Waals surface area contributed by atoms with Crippen molar-refractivity contribution in [3.8, 4) is 0 Å². The quantitative estimate of drug-likeness (QED) is 0.244. The normalized spacial score (nSPS) is 13.9. The summed E-state index contributed by atoms with van der Waals surface area (Å²) in [6.45, 7) is 4.43. The fourth-order valence-electron chi connectivity index (χ4n) is 3.86. The molecule has 1 heterocycles. The number of hydrogen-bond acceptors (Lipinski definition) is 5. The molecular weight excluding hydrogens is 555 g/mol. The summed E-state index contributed by atoms with van der Waals surface area (Å²) in [7, 11) is 0. The molecule has 1 amide bonds. The van der Waals surface area contributed by atoms with Crippen molar-refractivity contribution in [3.05, 3.63) is 87.4 Å². The van der Waals surface area contributed by atoms with Gasteiger partial charge >= 0.3 is 0 Å². The zero-order valence-corrected chi connectivity index (χ0v) is 23.2. The van der Waals surface area contributed by atoms with Crippen molar-refractivity contribution >= 4 is 81.2 Å². The molecule has 0 unspecified atom stereocenters. The van der Waals surface area contributed by atoms with Crippen LogP contribution < -0.4 is 15.5 Å². The van der Waals surface area contributed by atoms with Gasteiger partial charge in [-0.2, -0.15) is 0 Å². The minimum absolute atomic E-state index is 0.190. The Balaban J connectivity index is 1.24. The van der Waals surface area contributed by atoms with E-state index in [1.165, 1.54) is 11.8 Å². The van der Waals surface area contributed by atoms with E-state index >= 15 is 0 Å². The van der Waals surface area contributed by atoms with Crippen molar-refractivity contribution in [1.29, 1.82) is 0 Å². The number of thioether (sulfide) groups is 1. The van der Waals surface area contributed by atoms with E-state index in [0.29, 0.717) is 10.0 Å². The molecule has 0 bridgehead atoms. The fourth-order valence-corrected chi connectivity index (χ4v) is 5.41. The predicted octanol–water partition coefficient (Wildman–Crippen LogP) is 6.57. The van der Waals surface area contributed by atoms with Crippen LogP contribution in [0.5, 0.6) is 0 Å². The Morgan fingerprint density at radius 3 is 2.33 bits per heavy atom. The molecule has 4 rings (SSSR count). The van der Waals surface area contributed by atoms with E-state index in [0.717, 1.165) is 59.6 Å². The van der Waals surface area contributed by atoms with Gasteiger partial charge in [0, 0.05) is 53.4 Å². The minimum Gasteiger partial charge on any atom is -0.368 e. The Labute approximate surface area is 236 Å². The van der Waals surface area contributed by atoms with Gasteiger partial charge in [0.05, 0.1) is 16.5 Å². The molecule has 188 valence electrons. The Bertz CT molecular complexity index is 1220. The molecular formula is C26H25Cl3N4OS2. The lowest BCUT2D eigenvalue weighted by Gasteiger charge is -2.36. The highest BCUT2D eigenvalue weighted by Crippen LogP contribution is 2.30. The number of carbonyl (C=O) groups excluding carboxylic acids is 1. The average Bonchev–Trinajstić information content (AvgIpc) is 2.86. The lowest BCUT2D eigenvalue weighted by Crippen LogP contribution is -2.46. The summed E-state index contributed by atoms with van der Waals surface area (Å²) in [6.07, 6.45) is 0. The van der Waals surface area contributed by atoms with Crippen LogP contribution in [0.1, 0.15) is 5.56 Å². The summed E-state index contributed by atoms with van der Waals surface area (Å²) < 4.78 is 0. The van der Waals surface area contributed by atoms with E-state index < -0.39 is 0 Å². The van der Waals surface area contributed by atoms with Crippen LogP contribution in [-0.4, -0.2) is 47.9 Å². The first-order valence-corrected chi connectivity index (χ1v) is 13.9. The number of hydrogen-bond donors (Lipinski definition) is 2. The van der Waals surface area contributed by atoms with Gasteiger partial charge in [0.25, 0.3) is 0 Å². The Hall–Kier alpha value is -2.00. The van der Waals surface area contributed by atoms with Crippen LogP contribution in [0.4, 0.5) is 11.4 Å². The van der Waals surface area contributed by atoms with Crippen LogP contribution in [0, 0.1) is 0 Å². The maximum Gasteiger partial charge on any atom is 0.236 e. The van der Waals surface area contributed by atoms with Gasteiger partial charge in [-0.25, -0.2) is 0 Å². The zero-order valence-electron chi connectivity index (χ0n) is 19.3. The topological polar surface area (TPSA) is 47.6 Å². The van der Waals surface area contributed by atoms with E-state index in [1.807, 2.05) is 48.5 Å². The predicted molar refractivity (Wildman–Crippen MR) is 157 cm³/mol. The number of piperazine rings is 1. The number of halogens is 3. The molecule has 0 atom stereocenters. The SMILES string of the molecule is O=C(CSc1ccc(Cl)cc1)NC(=S)Nc1ccc(N2CCN(Cc3ccccc3Cl)CC2)c(Cl)c1. The average molecular weight is 580 g/mol.